The molecule has 2 heterocycles. The fourth-order valence-corrected chi connectivity index (χ4v) is 15.1. The highest BCUT2D eigenvalue weighted by Crippen LogP contribution is 2.49. The van der Waals surface area contributed by atoms with Gasteiger partial charge in [-0.1, -0.05) is 52.0 Å². The lowest BCUT2D eigenvalue weighted by Gasteiger charge is -2.50. The minimum Gasteiger partial charge on any atom is -0.497 e. The molecule has 6 aromatic rings. The molecule has 1 spiro atoms. The van der Waals surface area contributed by atoms with Crippen LogP contribution in [0.3, 0.4) is 0 Å². The van der Waals surface area contributed by atoms with E-state index >= 15 is 0 Å². The molecule has 0 saturated heterocycles. The summed E-state index contributed by atoms with van der Waals surface area (Å²) in [6, 6.07) is 38.0. The molecule has 0 saturated carbocycles. The van der Waals surface area contributed by atoms with Gasteiger partial charge in [0.05, 0.1) is 50.9 Å². The number of anilines is 8. The third kappa shape index (κ3) is 8.04. The van der Waals surface area contributed by atoms with E-state index < -0.39 is 19.2 Å². The molecule has 11 heteroatoms. The van der Waals surface area contributed by atoms with Crippen LogP contribution in [-0.4, -0.2) is 47.6 Å². The number of benzene rings is 6. The molecule has 10 nitrogen and oxygen atoms in total. The van der Waals surface area contributed by atoms with Crippen molar-refractivity contribution in [2.24, 2.45) is 0 Å². The molecular formula is C56H66N4O6Si. The van der Waals surface area contributed by atoms with Gasteiger partial charge in [0.2, 0.25) is 0 Å². The Balaban J connectivity index is 1.55. The van der Waals surface area contributed by atoms with Gasteiger partial charge in [-0.05, 0) is 193 Å². The van der Waals surface area contributed by atoms with Gasteiger partial charge in [0.25, 0.3) is 0 Å². The van der Waals surface area contributed by atoms with E-state index in [1.807, 2.05) is 90.1 Å². The van der Waals surface area contributed by atoms with E-state index in [4.69, 9.17) is 18.9 Å². The number of hydrogen-bond acceptors (Lipinski definition) is 8. The quantitative estimate of drug-likeness (QED) is 0.110. The molecule has 2 radical (unpaired) electrons. The average molecular weight is 919 g/mol. The summed E-state index contributed by atoms with van der Waals surface area (Å²) in [6.07, 6.45) is 0. The van der Waals surface area contributed by atoms with E-state index in [1.165, 1.54) is 0 Å². The van der Waals surface area contributed by atoms with Crippen molar-refractivity contribution in [3.63, 3.8) is 0 Å². The Hall–Kier alpha value is -6.14. The summed E-state index contributed by atoms with van der Waals surface area (Å²) in [6.45, 7) is 24.7. The first-order valence-electron chi connectivity index (χ1n) is 23.0. The highest BCUT2D eigenvalue weighted by atomic mass is 28.3. The maximum Gasteiger partial charge on any atom is 0.188 e. The summed E-state index contributed by atoms with van der Waals surface area (Å²) < 4.78 is 24.6. The molecule has 0 aromatic heterocycles. The largest absolute Gasteiger partial charge is 0.497 e. The van der Waals surface area contributed by atoms with Crippen molar-refractivity contribution in [2.75, 3.05) is 48.4 Å². The summed E-state index contributed by atoms with van der Waals surface area (Å²) in [7, 11) is 3.24. The number of methoxy groups -OCH3 is 4. The summed E-state index contributed by atoms with van der Waals surface area (Å²) in [5.41, 5.74) is 6.83. The first-order valence-corrected chi connectivity index (χ1v) is 25.0. The Morgan fingerprint density at radius 1 is 0.388 bits per heavy atom. The van der Waals surface area contributed by atoms with Crippen LogP contribution in [0, 0.1) is 0 Å². The van der Waals surface area contributed by atoms with Crippen LogP contribution >= 0.6 is 0 Å². The molecule has 0 atom stereocenters. The molecule has 0 fully saturated rings. The van der Waals surface area contributed by atoms with Gasteiger partial charge < -0.3 is 28.7 Å². The minimum atomic E-state index is -3.57. The van der Waals surface area contributed by atoms with Crippen molar-refractivity contribution in [3.8, 4) is 23.0 Å². The van der Waals surface area contributed by atoms with E-state index in [9.17, 15) is 10.4 Å². The fourth-order valence-electron chi connectivity index (χ4n) is 9.56. The molecular weight excluding hydrogens is 853 g/mol. The predicted octanol–water partition coefficient (Wildman–Crippen LogP) is 11.2. The van der Waals surface area contributed by atoms with Crippen LogP contribution in [0.5, 0.6) is 23.0 Å². The van der Waals surface area contributed by atoms with Crippen molar-refractivity contribution in [3.05, 3.63) is 120 Å². The Bertz CT molecular complexity index is 2560. The van der Waals surface area contributed by atoms with Crippen LogP contribution < -0.4 is 59.6 Å². The van der Waals surface area contributed by atoms with Gasteiger partial charge in [0.15, 0.2) is 8.07 Å². The predicted molar refractivity (Wildman–Crippen MR) is 276 cm³/mol. The molecule has 2 aliphatic heterocycles. The maximum absolute atomic E-state index is 14.2. The Morgan fingerprint density at radius 3 is 0.881 bits per heavy atom. The lowest BCUT2D eigenvalue weighted by molar-refractivity contribution is 0.102. The third-order valence-corrected chi connectivity index (χ3v) is 18.0. The molecule has 67 heavy (non-hydrogen) atoms. The van der Waals surface area contributed by atoms with Crippen LogP contribution in [0.4, 0.5) is 45.5 Å². The number of rotatable bonds is 8. The lowest BCUT2D eigenvalue weighted by atomic mass is 9.86. The van der Waals surface area contributed by atoms with Crippen LogP contribution in [0.15, 0.2) is 109 Å². The van der Waals surface area contributed by atoms with Crippen molar-refractivity contribution < 1.29 is 29.4 Å². The lowest BCUT2D eigenvalue weighted by Crippen LogP contribution is -2.79. The molecule has 8 rings (SSSR count). The third-order valence-electron chi connectivity index (χ3n) is 13.1. The Kier molecular flexibility index (Phi) is 11.7. The molecule has 0 aliphatic carbocycles. The van der Waals surface area contributed by atoms with Crippen molar-refractivity contribution in [1.82, 2.24) is 0 Å². The summed E-state index contributed by atoms with van der Waals surface area (Å²) in [5.74, 6) is 2.82. The van der Waals surface area contributed by atoms with E-state index in [0.29, 0.717) is 34.4 Å². The zero-order chi connectivity index (χ0) is 48.8. The van der Waals surface area contributed by atoms with E-state index in [0.717, 1.165) is 76.1 Å². The van der Waals surface area contributed by atoms with Gasteiger partial charge in [-0.3, -0.25) is 0 Å². The monoisotopic (exact) mass is 918 g/mol. The highest BCUT2D eigenvalue weighted by Gasteiger charge is 2.55. The topological polar surface area (TPSA) is 89.7 Å². The SMILES string of the molecule is COc1ccc2c(c1)[Si]1(c3cc(OC)ccc3N2c2cc(N([O])C(C)(C)C)cc(C(C)(C)C)c2)c2cc(OC)ccc2N(c2cc(N([O])C(C)(C)C)cc(C(C)(C)C)c2)c2ccc(OC)cc21. The fraction of sp³-hybridized carbons (Fsp3) is 0.357. The summed E-state index contributed by atoms with van der Waals surface area (Å²) >= 11 is 0. The van der Waals surface area contributed by atoms with Crippen LogP contribution in [0.2, 0.25) is 0 Å². The number of hydrogen-bond donors (Lipinski definition) is 0. The van der Waals surface area contributed by atoms with Gasteiger partial charge in [-0.15, -0.1) is 0 Å². The average Bonchev–Trinajstić information content (AvgIpc) is 3.28. The molecule has 0 bridgehead atoms. The number of nitrogens with zero attached hydrogens (tertiary/aromatic N) is 4. The minimum absolute atomic E-state index is 0.279. The smallest absolute Gasteiger partial charge is 0.188 e. The molecule has 2 aliphatic rings. The highest BCUT2D eigenvalue weighted by molar-refractivity contribution is 7.23. The standard InChI is InChI=1S/C56H66N4O6Si/c1-53(2,3)35-25-37(29-39(27-35)59(61)55(7,8)9)57-45-21-17-41(63-13)31-49(45)67(50-32-42(64-14)18-22-46(50)57)51-33-43(65-15)19-23-47(51)58(48-24-20-44(66-16)34-52(48)67)38-26-36(54(4,5)6)28-40(30-38)60(62)56(10,11)12/h17-34H,1-16H3. The van der Waals surface area contributed by atoms with Gasteiger partial charge in [-0.2, -0.15) is 0 Å². The molecule has 350 valence electrons. The van der Waals surface area contributed by atoms with Gasteiger partial charge >= 0.3 is 0 Å². The summed E-state index contributed by atoms with van der Waals surface area (Å²) in [4.78, 5) is 4.61. The van der Waals surface area contributed by atoms with Crippen molar-refractivity contribution in [1.29, 1.82) is 0 Å². The van der Waals surface area contributed by atoms with Gasteiger partial charge in [0, 0.05) is 34.1 Å². The Morgan fingerprint density at radius 2 is 0.657 bits per heavy atom. The summed E-state index contributed by atoms with van der Waals surface area (Å²) in [5, 5.41) is 35.0. The second-order valence-corrected chi connectivity index (χ2v) is 25.5. The van der Waals surface area contributed by atoms with Crippen molar-refractivity contribution >= 4 is 74.3 Å². The zero-order valence-corrected chi connectivity index (χ0v) is 43.1. The number of fused-ring (bicyclic) bond motifs is 8. The van der Waals surface area contributed by atoms with Gasteiger partial charge in [0.1, 0.15) is 23.0 Å². The molecule has 0 amide bonds. The van der Waals surface area contributed by atoms with Crippen LogP contribution in [-0.2, 0) is 21.2 Å². The number of ether oxygens (including phenoxy) is 4. The van der Waals surface area contributed by atoms with Crippen molar-refractivity contribution in [2.45, 2.75) is 105 Å². The normalized spacial score (nSPS) is 14.2. The van der Waals surface area contributed by atoms with E-state index in [1.54, 1.807) is 28.4 Å². The van der Waals surface area contributed by atoms with Crippen LogP contribution in [0.1, 0.15) is 94.2 Å². The van der Waals surface area contributed by atoms with Crippen LogP contribution in [0.25, 0.3) is 0 Å². The molecule has 6 aromatic carbocycles. The second-order valence-electron chi connectivity index (χ2n) is 21.9. The Labute approximate surface area is 398 Å². The zero-order valence-electron chi connectivity index (χ0n) is 42.1. The maximum atomic E-state index is 14.2. The van der Waals surface area contributed by atoms with Gasteiger partial charge in [-0.25, -0.2) is 10.1 Å². The number of hydroxylamine groups is 2. The molecule has 0 unspecified atom stereocenters. The van der Waals surface area contributed by atoms with E-state index in [-0.39, 0.29) is 10.8 Å². The first kappa shape index (κ1) is 47.4. The van der Waals surface area contributed by atoms with E-state index in [2.05, 4.69) is 112 Å². The second kappa shape index (κ2) is 16.6. The molecule has 0 N–H and O–H groups in total. The first-order chi connectivity index (χ1) is 31.4.